The lowest BCUT2D eigenvalue weighted by Crippen LogP contribution is -1.89. The molecule has 0 atom stereocenters. The molecule has 2 rings (SSSR count). The van der Waals surface area contributed by atoms with Gasteiger partial charge in [-0.25, -0.2) is 4.99 Å². The number of hydrogen-bond acceptors (Lipinski definition) is 3. The second-order valence-corrected chi connectivity index (χ2v) is 5.79. The zero-order valence-corrected chi connectivity index (χ0v) is 12.9. The van der Waals surface area contributed by atoms with Gasteiger partial charge in [-0.1, -0.05) is 35.3 Å². The fourth-order valence-electron chi connectivity index (χ4n) is 1.68. The summed E-state index contributed by atoms with van der Waals surface area (Å²) in [6, 6.07) is 5.66. The zero-order valence-electron chi connectivity index (χ0n) is 10.6. The first-order valence-corrected chi connectivity index (χ1v) is 7.18. The number of halogens is 2. The maximum Gasteiger partial charge on any atom is 0.309 e. The molecule has 0 saturated carbocycles. The first-order valence-electron chi connectivity index (χ1n) is 5.61. The molecule has 0 radical (unpaired) electrons. The minimum absolute atomic E-state index is 0.350. The van der Waals surface area contributed by atoms with Crippen molar-refractivity contribution in [3.63, 3.8) is 0 Å². The molecule has 1 aromatic heterocycles. The highest BCUT2D eigenvalue weighted by Gasteiger charge is 2.12. The highest BCUT2D eigenvalue weighted by molar-refractivity contribution is 8.13. The van der Waals surface area contributed by atoms with Gasteiger partial charge in [0.25, 0.3) is 0 Å². The van der Waals surface area contributed by atoms with Gasteiger partial charge in [0.15, 0.2) is 0 Å². The average Bonchev–Trinajstić information content (AvgIpc) is 2.42. The fourth-order valence-corrected chi connectivity index (χ4v) is 2.93. The Kier molecular flexibility index (Phi) is 4.81. The van der Waals surface area contributed by atoms with Crippen LogP contribution in [0.15, 0.2) is 40.5 Å². The second kappa shape index (κ2) is 6.39. The first kappa shape index (κ1) is 15.0. The largest absolute Gasteiger partial charge is 0.309 e. The van der Waals surface area contributed by atoms with Crippen LogP contribution in [-0.2, 0) is 0 Å². The molecule has 0 unspecified atom stereocenters. The smallest absolute Gasteiger partial charge is 0.262 e. The third kappa shape index (κ3) is 3.20. The van der Waals surface area contributed by atoms with Crippen LogP contribution >= 0.6 is 35.0 Å². The molecule has 6 heteroatoms. The topological polar surface area (TPSA) is 42.3 Å². The molecule has 102 valence electrons. The highest BCUT2D eigenvalue weighted by Crippen LogP contribution is 2.36. The number of aliphatic imine (C=N–C) groups is 1. The normalized spacial score (nSPS) is 10.3. The van der Waals surface area contributed by atoms with Crippen LogP contribution in [0.3, 0.4) is 0 Å². The van der Waals surface area contributed by atoms with Gasteiger partial charge in [-0.3, -0.25) is 9.78 Å². The number of aromatic nitrogens is 1. The van der Waals surface area contributed by atoms with Crippen LogP contribution in [0.25, 0.3) is 11.1 Å². The van der Waals surface area contributed by atoms with E-state index in [0.29, 0.717) is 15.6 Å². The minimum atomic E-state index is -0.350. The fraction of sp³-hybridized carbons (Fsp3) is 0.0714. The zero-order chi connectivity index (χ0) is 14.7. The summed E-state index contributed by atoms with van der Waals surface area (Å²) in [6.07, 6.45) is 3.07. The van der Waals surface area contributed by atoms with E-state index in [0.717, 1.165) is 27.8 Å². The predicted molar refractivity (Wildman–Crippen MR) is 85.2 cm³/mol. The van der Waals surface area contributed by atoms with Gasteiger partial charge in [0, 0.05) is 22.9 Å². The SMILES string of the molecule is C=NC(=O)Sc1cc(-c2c(Cl)cncc2Cl)ccc1C. The van der Waals surface area contributed by atoms with Crippen molar-refractivity contribution in [2.24, 2.45) is 4.99 Å². The summed E-state index contributed by atoms with van der Waals surface area (Å²) in [5, 5.41) is 0.577. The Labute approximate surface area is 131 Å². The van der Waals surface area contributed by atoms with E-state index in [1.165, 1.54) is 12.4 Å². The van der Waals surface area contributed by atoms with Crippen LogP contribution in [-0.4, -0.2) is 16.9 Å². The van der Waals surface area contributed by atoms with Crippen molar-refractivity contribution in [3.05, 3.63) is 46.2 Å². The van der Waals surface area contributed by atoms with Gasteiger partial charge < -0.3 is 0 Å². The number of hydrogen-bond donors (Lipinski definition) is 0. The van der Waals surface area contributed by atoms with Crippen LogP contribution in [0.1, 0.15) is 5.56 Å². The number of benzene rings is 1. The van der Waals surface area contributed by atoms with Gasteiger partial charge in [0.1, 0.15) is 0 Å². The number of rotatable bonds is 2. The molecule has 0 saturated heterocycles. The van der Waals surface area contributed by atoms with Gasteiger partial charge in [-0.05, 0) is 42.6 Å². The maximum atomic E-state index is 11.4. The monoisotopic (exact) mass is 324 g/mol. The Balaban J connectivity index is 2.51. The summed E-state index contributed by atoms with van der Waals surface area (Å²) in [4.78, 5) is 19.5. The van der Waals surface area contributed by atoms with E-state index in [2.05, 4.69) is 16.7 Å². The number of amides is 1. The summed E-state index contributed by atoms with van der Waals surface area (Å²) >= 11 is 13.3. The van der Waals surface area contributed by atoms with Gasteiger partial charge >= 0.3 is 5.24 Å². The summed E-state index contributed by atoms with van der Waals surface area (Å²) in [5.41, 5.74) is 2.49. The van der Waals surface area contributed by atoms with E-state index < -0.39 is 0 Å². The van der Waals surface area contributed by atoms with Crippen LogP contribution in [0.5, 0.6) is 0 Å². The van der Waals surface area contributed by atoms with Gasteiger partial charge in [-0.15, -0.1) is 0 Å². The Bertz CT molecular complexity index is 669. The Morgan fingerprint density at radius 3 is 2.55 bits per heavy atom. The summed E-state index contributed by atoms with van der Waals surface area (Å²) in [5.74, 6) is 0. The highest BCUT2D eigenvalue weighted by atomic mass is 35.5. The van der Waals surface area contributed by atoms with E-state index in [4.69, 9.17) is 23.2 Å². The molecule has 20 heavy (non-hydrogen) atoms. The molecule has 0 bridgehead atoms. The van der Waals surface area contributed by atoms with Gasteiger partial charge in [0.2, 0.25) is 0 Å². The average molecular weight is 325 g/mol. The third-order valence-electron chi connectivity index (χ3n) is 2.66. The lowest BCUT2D eigenvalue weighted by Gasteiger charge is -2.10. The first-order chi connectivity index (χ1) is 9.52. The van der Waals surface area contributed by atoms with Gasteiger partial charge in [0.05, 0.1) is 10.0 Å². The molecule has 0 spiro atoms. The number of carbonyl (C=O) groups excluding carboxylic acids is 1. The van der Waals surface area contributed by atoms with Gasteiger partial charge in [-0.2, -0.15) is 0 Å². The molecular weight excluding hydrogens is 315 g/mol. The lowest BCUT2D eigenvalue weighted by atomic mass is 10.1. The van der Waals surface area contributed by atoms with Crippen LogP contribution < -0.4 is 0 Å². The van der Waals surface area contributed by atoms with E-state index >= 15 is 0 Å². The Morgan fingerprint density at radius 2 is 1.95 bits per heavy atom. The summed E-state index contributed by atoms with van der Waals surface area (Å²) in [7, 11) is 0. The second-order valence-electron chi connectivity index (χ2n) is 3.98. The maximum absolute atomic E-state index is 11.4. The number of thioether (sulfide) groups is 1. The van der Waals surface area contributed by atoms with Crippen molar-refractivity contribution in [1.29, 1.82) is 0 Å². The number of pyridine rings is 1. The molecule has 1 heterocycles. The predicted octanol–water partition coefficient (Wildman–Crippen LogP) is 5.28. The molecule has 1 amide bonds. The molecule has 1 aromatic carbocycles. The van der Waals surface area contributed by atoms with Crippen molar-refractivity contribution < 1.29 is 4.79 Å². The summed E-state index contributed by atoms with van der Waals surface area (Å²) in [6.45, 7) is 5.14. The molecule has 0 fully saturated rings. The van der Waals surface area contributed by atoms with E-state index in [1.807, 2.05) is 25.1 Å². The molecule has 2 aromatic rings. The van der Waals surface area contributed by atoms with Crippen molar-refractivity contribution in [2.75, 3.05) is 0 Å². The van der Waals surface area contributed by atoms with Crippen LogP contribution in [0, 0.1) is 6.92 Å². The third-order valence-corrected chi connectivity index (χ3v) is 4.19. The molecule has 3 nitrogen and oxygen atoms in total. The molecular formula is C14H10Cl2N2OS. The molecule has 0 aliphatic heterocycles. The summed E-state index contributed by atoms with van der Waals surface area (Å²) < 4.78 is 0. The minimum Gasteiger partial charge on any atom is -0.262 e. The number of carbonyl (C=O) groups is 1. The van der Waals surface area contributed by atoms with Crippen molar-refractivity contribution in [2.45, 2.75) is 11.8 Å². The Morgan fingerprint density at radius 1 is 1.30 bits per heavy atom. The molecule has 0 N–H and O–H groups in total. The number of aryl methyl sites for hydroxylation is 1. The van der Waals surface area contributed by atoms with E-state index in [-0.39, 0.29) is 5.24 Å². The lowest BCUT2D eigenvalue weighted by molar-refractivity contribution is 0.267. The standard InChI is InChI=1S/C14H10Cl2N2OS/c1-8-3-4-9(5-12(8)20-14(19)17-2)13-10(15)6-18-7-11(13)16/h3-7H,2H2,1H3. The molecule has 0 aliphatic rings. The van der Waals surface area contributed by atoms with Crippen molar-refractivity contribution in [3.8, 4) is 11.1 Å². The van der Waals surface area contributed by atoms with Crippen molar-refractivity contribution in [1.82, 2.24) is 4.98 Å². The van der Waals surface area contributed by atoms with Crippen molar-refractivity contribution >= 4 is 46.9 Å². The van der Waals surface area contributed by atoms with Crippen LogP contribution in [0.4, 0.5) is 4.79 Å². The molecule has 0 aliphatic carbocycles. The van der Waals surface area contributed by atoms with Crippen LogP contribution in [0.2, 0.25) is 10.0 Å². The quantitative estimate of drug-likeness (QED) is 0.557. The van der Waals surface area contributed by atoms with E-state index in [1.54, 1.807) is 0 Å². The Hall–Kier alpha value is -1.36. The van der Waals surface area contributed by atoms with E-state index in [9.17, 15) is 4.79 Å². The number of nitrogens with zero attached hydrogens (tertiary/aromatic N) is 2.